The Balaban J connectivity index is 2.22. The third-order valence-electron chi connectivity index (χ3n) is 2.20. The molecule has 0 aliphatic rings. The Morgan fingerprint density at radius 3 is 2.67 bits per heavy atom. The summed E-state index contributed by atoms with van der Waals surface area (Å²) in [5.74, 6) is 0.560. The van der Waals surface area contributed by atoms with Crippen molar-refractivity contribution in [3.8, 4) is 0 Å². The second-order valence-corrected chi connectivity index (χ2v) is 6.98. The smallest absolute Gasteiger partial charge is 0.242 e. The maximum Gasteiger partial charge on any atom is 0.242 e. The van der Waals surface area contributed by atoms with Crippen molar-refractivity contribution in [1.82, 2.24) is 4.72 Å². The van der Waals surface area contributed by atoms with E-state index in [1.807, 2.05) is 0 Å². The lowest BCUT2D eigenvalue weighted by Crippen LogP contribution is -2.23. The molecule has 0 saturated carbocycles. The van der Waals surface area contributed by atoms with Crippen LogP contribution in [0.1, 0.15) is 5.76 Å². The van der Waals surface area contributed by atoms with Gasteiger partial charge in [-0.25, -0.2) is 13.1 Å². The molecule has 0 spiro atoms. The van der Waals surface area contributed by atoms with Crippen LogP contribution < -0.4 is 4.72 Å². The van der Waals surface area contributed by atoms with Crippen LogP contribution in [0.15, 0.2) is 54.9 Å². The van der Waals surface area contributed by atoms with Crippen molar-refractivity contribution in [1.29, 1.82) is 0 Å². The highest BCUT2D eigenvalue weighted by atomic mass is 79.9. The molecule has 0 aliphatic carbocycles. The van der Waals surface area contributed by atoms with Gasteiger partial charge in [0, 0.05) is 8.95 Å². The fraction of sp³-hybridized carbons (Fsp3) is 0.0909. The molecule has 2 aromatic rings. The second kappa shape index (κ2) is 5.56. The fourth-order valence-corrected chi connectivity index (χ4v) is 3.83. The molecule has 0 aliphatic heterocycles. The SMILES string of the molecule is O=S(=O)(NCc1ccco1)c1cc(Br)ccc1Br. The normalized spacial score (nSPS) is 11.7. The molecule has 0 saturated heterocycles. The lowest BCUT2D eigenvalue weighted by Gasteiger charge is -2.07. The van der Waals surface area contributed by atoms with Crippen molar-refractivity contribution < 1.29 is 12.8 Å². The van der Waals surface area contributed by atoms with Crippen LogP contribution in [0.4, 0.5) is 0 Å². The first kappa shape index (κ1) is 13.8. The maximum absolute atomic E-state index is 12.1. The van der Waals surface area contributed by atoms with Gasteiger partial charge in [-0.15, -0.1) is 0 Å². The summed E-state index contributed by atoms with van der Waals surface area (Å²) in [6, 6.07) is 8.38. The lowest BCUT2D eigenvalue weighted by molar-refractivity contribution is 0.498. The monoisotopic (exact) mass is 393 g/mol. The Kier molecular flexibility index (Phi) is 4.26. The molecule has 2 rings (SSSR count). The van der Waals surface area contributed by atoms with E-state index in [-0.39, 0.29) is 11.4 Å². The van der Waals surface area contributed by atoms with Gasteiger partial charge < -0.3 is 4.42 Å². The highest BCUT2D eigenvalue weighted by molar-refractivity contribution is 9.11. The zero-order valence-electron chi connectivity index (χ0n) is 9.06. The number of hydrogen-bond acceptors (Lipinski definition) is 3. The number of nitrogens with one attached hydrogen (secondary N) is 1. The van der Waals surface area contributed by atoms with Gasteiger partial charge in [-0.2, -0.15) is 0 Å². The predicted molar refractivity (Wildman–Crippen MR) is 74.6 cm³/mol. The number of sulfonamides is 1. The molecule has 4 nitrogen and oxygen atoms in total. The van der Waals surface area contributed by atoms with E-state index in [0.29, 0.717) is 14.7 Å². The average molecular weight is 395 g/mol. The number of rotatable bonds is 4. The minimum atomic E-state index is -3.58. The molecule has 0 amide bonds. The molecule has 1 aromatic carbocycles. The van der Waals surface area contributed by atoms with Crippen molar-refractivity contribution in [3.63, 3.8) is 0 Å². The Hall–Kier alpha value is -0.630. The Labute approximate surface area is 122 Å². The van der Waals surface area contributed by atoms with Crippen molar-refractivity contribution in [3.05, 3.63) is 51.3 Å². The highest BCUT2D eigenvalue weighted by Gasteiger charge is 2.18. The van der Waals surface area contributed by atoms with Gasteiger partial charge in [0.05, 0.1) is 17.7 Å². The van der Waals surface area contributed by atoms with E-state index >= 15 is 0 Å². The zero-order valence-corrected chi connectivity index (χ0v) is 13.0. The largest absolute Gasteiger partial charge is 0.468 e. The number of halogens is 2. The van der Waals surface area contributed by atoms with Crippen LogP contribution in [0, 0.1) is 0 Å². The third-order valence-corrected chi connectivity index (χ3v) is 5.09. The van der Waals surface area contributed by atoms with E-state index in [9.17, 15) is 8.42 Å². The van der Waals surface area contributed by atoms with E-state index in [1.165, 1.54) is 12.3 Å². The summed E-state index contributed by atoms with van der Waals surface area (Å²) >= 11 is 6.47. The fourth-order valence-electron chi connectivity index (χ4n) is 1.34. The standard InChI is InChI=1S/C11H9Br2NO3S/c12-8-3-4-10(13)11(6-8)18(15,16)14-7-9-2-1-5-17-9/h1-6,14H,7H2. The van der Waals surface area contributed by atoms with Crippen LogP contribution in [-0.2, 0) is 16.6 Å². The van der Waals surface area contributed by atoms with Crippen molar-refractivity contribution >= 4 is 41.9 Å². The summed E-state index contributed by atoms with van der Waals surface area (Å²) in [5.41, 5.74) is 0. The molecule has 0 fully saturated rings. The summed E-state index contributed by atoms with van der Waals surface area (Å²) < 4.78 is 32.9. The number of furan rings is 1. The van der Waals surface area contributed by atoms with Gasteiger partial charge >= 0.3 is 0 Å². The Morgan fingerprint density at radius 2 is 2.00 bits per heavy atom. The molecule has 7 heteroatoms. The van der Waals surface area contributed by atoms with Gasteiger partial charge in [-0.05, 0) is 46.3 Å². The van der Waals surface area contributed by atoms with Gasteiger partial charge in [0.25, 0.3) is 0 Å². The molecule has 1 heterocycles. The Bertz CT molecular complexity index is 638. The highest BCUT2D eigenvalue weighted by Crippen LogP contribution is 2.25. The maximum atomic E-state index is 12.1. The number of benzene rings is 1. The van der Waals surface area contributed by atoms with Gasteiger partial charge in [0.15, 0.2) is 0 Å². The van der Waals surface area contributed by atoms with Crippen molar-refractivity contribution in [2.75, 3.05) is 0 Å². The van der Waals surface area contributed by atoms with Crippen LogP contribution >= 0.6 is 31.9 Å². The first-order valence-electron chi connectivity index (χ1n) is 4.96. The van der Waals surface area contributed by atoms with Crippen molar-refractivity contribution in [2.45, 2.75) is 11.4 Å². The lowest BCUT2D eigenvalue weighted by atomic mass is 10.4. The van der Waals surface area contributed by atoms with Crippen LogP contribution in [0.25, 0.3) is 0 Å². The zero-order chi connectivity index (χ0) is 13.2. The minimum absolute atomic E-state index is 0.119. The molecule has 0 atom stereocenters. The molecule has 18 heavy (non-hydrogen) atoms. The predicted octanol–water partition coefficient (Wildman–Crippen LogP) is 3.28. The molecule has 96 valence electrons. The van der Waals surface area contributed by atoms with Crippen LogP contribution in [0.5, 0.6) is 0 Å². The Morgan fingerprint density at radius 1 is 1.22 bits per heavy atom. The summed E-state index contributed by atoms with van der Waals surface area (Å²) in [4.78, 5) is 0.184. The average Bonchev–Trinajstić information content (AvgIpc) is 2.83. The first-order valence-corrected chi connectivity index (χ1v) is 8.03. The van der Waals surface area contributed by atoms with E-state index in [1.54, 1.807) is 24.3 Å². The topological polar surface area (TPSA) is 59.3 Å². The quantitative estimate of drug-likeness (QED) is 0.865. The third kappa shape index (κ3) is 3.23. The molecular formula is C11H9Br2NO3S. The molecule has 0 unspecified atom stereocenters. The molecule has 0 bridgehead atoms. The summed E-state index contributed by atoms with van der Waals surface area (Å²) in [7, 11) is -3.58. The second-order valence-electron chi connectivity index (χ2n) is 3.48. The van der Waals surface area contributed by atoms with Crippen LogP contribution in [0.3, 0.4) is 0 Å². The van der Waals surface area contributed by atoms with Crippen LogP contribution in [0.2, 0.25) is 0 Å². The van der Waals surface area contributed by atoms with E-state index < -0.39 is 10.0 Å². The molecule has 1 aromatic heterocycles. The molecule has 1 N–H and O–H groups in total. The van der Waals surface area contributed by atoms with Gasteiger partial charge in [-0.3, -0.25) is 0 Å². The summed E-state index contributed by atoms with van der Waals surface area (Å²) in [5, 5.41) is 0. The minimum Gasteiger partial charge on any atom is -0.468 e. The summed E-state index contributed by atoms with van der Waals surface area (Å²) in [6.07, 6.45) is 1.50. The van der Waals surface area contributed by atoms with E-state index in [0.717, 1.165) is 0 Å². The molecular weight excluding hydrogens is 386 g/mol. The van der Waals surface area contributed by atoms with Crippen LogP contribution in [-0.4, -0.2) is 8.42 Å². The first-order chi connectivity index (χ1) is 8.49. The van der Waals surface area contributed by atoms with Gasteiger partial charge in [0.1, 0.15) is 5.76 Å². The van der Waals surface area contributed by atoms with Crippen molar-refractivity contribution in [2.24, 2.45) is 0 Å². The summed E-state index contributed by atoms with van der Waals surface area (Å²) in [6.45, 7) is 0.119. The van der Waals surface area contributed by atoms with Gasteiger partial charge in [-0.1, -0.05) is 15.9 Å². The molecule has 0 radical (unpaired) electrons. The number of hydrogen-bond donors (Lipinski definition) is 1. The van der Waals surface area contributed by atoms with Gasteiger partial charge in [0.2, 0.25) is 10.0 Å². The van der Waals surface area contributed by atoms with E-state index in [2.05, 4.69) is 36.6 Å². The van der Waals surface area contributed by atoms with E-state index in [4.69, 9.17) is 4.42 Å².